The largest absolute Gasteiger partial charge is 0.396 e. The second kappa shape index (κ2) is 5.94. The van der Waals surface area contributed by atoms with Crippen LogP contribution in [0.1, 0.15) is 13.3 Å². The lowest BCUT2D eigenvalue weighted by Crippen LogP contribution is -2.39. The Kier molecular flexibility index (Phi) is 5.50. The van der Waals surface area contributed by atoms with Gasteiger partial charge in [-0.3, -0.25) is 5.21 Å². The number of aliphatic hydroxyl groups is 1. The molecule has 0 fully saturated rings. The maximum Gasteiger partial charge on any atom is 0.341 e. The zero-order valence-corrected chi connectivity index (χ0v) is 6.58. The highest BCUT2D eigenvalue weighted by Crippen LogP contribution is 1.90. The Balaban J connectivity index is 3.65. The molecule has 0 aliphatic rings. The van der Waals surface area contributed by atoms with Gasteiger partial charge in [0.1, 0.15) is 0 Å². The molecular formula is C6H14N2O3. The van der Waals surface area contributed by atoms with Crippen LogP contribution in [-0.2, 0) is 0 Å². The summed E-state index contributed by atoms with van der Waals surface area (Å²) in [6.45, 7) is 2.83. The van der Waals surface area contributed by atoms with Crippen LogP contribution in [0.25, 0.3) is 0 Å². The first-order valence-corrected chi connectivity index (χ1v) is 3.56. The number of nitrogens with one attached hydrogen (secondary N) is 1. The number of nitrogens with zero attached hydrogens (tertiary/aromatic N) is 1. The van der Waals surface area contributed by atoms with E-state index in [1.807, 2.05) is 0 Å². The molecule has 0 unspecified atom stereocenters. The van der Waals surface area contributed by atoms with Crippen LogP contribution in [0, 0.1) is 0 Å². The van der Waals surface area contributed by atoms with Gasteiger partial charge in [0, 0.05) is 19.7 Å². The topological polar surface area (TPSA) is 72.8 Å². The normalized spacial score (nSPS) is 9.36. The van der Waals surface area contributed by atoms with Crippen molar-refractivity contribution >= 4 is 6.03 Å². The van der Waals surface area contributed by atoms with E-state index in [1.54, 1.807) is 6.92 Å². The predicted molar refractivity (Wildman–Crippen MR) is 39.3 cm³/mol. The minimum atomic E-state index is -0.527. The van der Waals surface area contributed by atoms with Crippen molar-refractivity contribution in [2.45, 2.75) is 13.3 Å². The van der Waals surface area contributed by atoms with E-state index in [-0.39, 0.29) is 6.61 Å². The fourth-order valence-electron chi connectivity index (χ4n) is 0.736. The summed E-state index contributed by atoms with van der Waals surface area (Å²) in [5, 5.41) is 16.7. The molecule has 0 spiro atoms. The Bertz CT molecular complexity index is 118. The van der Waals surface area contributed by atoms with Gasteiger partial charge in [-0.2, -0.15) is 0 Å². The Morgan fingerprint density at radius 3 is 2.64 bits per heavy atom. The highest BCUT2D eigenvalue weighted by atomic mass is 16.5. The summed E-state index contributed by atoms with van der Waals surface area (Å²) in [6, 6.07) is -0.527. The second-order valence-corrected chi connectivity index (χ2v) is 2.07. The van der Waals surface area contributed by atoms with Gasteiger partial charge in [0.15, 0.2) is 0 Å². The first-order chi connectivity index (χ1) is 5.26. The highest BCUT2D eigenvalue weighted by molar-refractivity contribution is 5.72. The monoisotopic (exact) mass is 162 g/mol. The first kappa shape index (κ1) is 10.2. The zero-order valence-electron chi connectivity index (χ0n) is 6.58. The fraction of sp³-hybridized carbons (Fsp3) is 0.833. The van der Waals surface area contributed by atoms with Gasteiger partial charge in [0.25, 0.3) is 0 Å². The van der Waals surface area contributed by atoms with Crippen LogP contribution in [0.15, 0.2) is 0 Å². The van der Waals surface area contributed by atoms with Gasteiger partial charge in [-0.25, -0.2) is 10.3 Å². The van der Waals surface area contributed by atoms with E-state index in [0.29, 0.717) is 19.5 Å². The van der Waals surface area contributed by atoms with Gasteiger partial charge in [-0.15, -0.1) is 0 Å². The molecule has 0 saturated carbocycles. The summed E-state index contributed by atoms with van der Waals surface area (Å²) in [4.78, 5) is 12.1. The molecule has 66 valence electrons. The molecule has 0 aromatic heterocycles. The lowest BCUT2D eigenvalue weighted by atomic mass is 10.4. The summed E-state index contributed by atoms with van der Waals surface area (Å²) in [5.74, 6) is 0. The SMILES string of the molecule is CCN(CCCO)C(=O)NO. The molecular weight excluding hydrogens is 148 g/mol. The average molecular weight is 162 g/mol. The molecule has 0 bridgehead atoms. The Labute approximate surface area is 65.6 Å². The number of carbonyl (C=O) groups is 1. The van der Waals surface area contributed by atoms with E-state index in [2.05, 4.69) is 0 Å². The van der Waals surface area contributed by atoms with Crippen LogP contribution in [0.3, 0.4) is 0 Å². The van der Waals surface area contributed by atoms with Crippen molar-refractivity contribution in [3.8, 4) is 0 Å². The quantitative estimate of drug-likeness (QED) is 0.395. The van der Waals surface area contributed by atoms with Crippen molar-refractivity contribution in [1.29, 1.82) is 0 Å². The van der Waals surface area contributed by atoms with Crippen molar-refractivity contribution in [1.82, 2.24) is 10.4 Å². The number of carbonyl (C=O) groups excluding carboxylic acids is 1. The Hall–Kier alpha value is -0.810. The lowest BCUT2D eigenvalue weighted by Gasteiger charge is -2.18. The molecule has 0 rings (SSSR count). The number of urea groups is 1. The number of hydroxylamine groups is 1. The van der Waals surface area contributed by atoms with E-state index in [9.17, 15) is 4.79 Å². The molecule has 5 nitrogen and oxygen atoms in total. The van der Waals surface area contributed by atoms with Crippen LogP contribution in [0.5, 0.6) is 0 Å². The van der Waals surface area contributed by atoms with Gasteiger partial charge in [0.05, 0.1) is 0 Å². The molecule has 0 heterocycles. The molecule has 11 heavy (non-hydrogen) atoms. The van der Waals surface area contributed by atoms with Gasteiger partial charge >= 0.3 is 6.03 Å². The number of amides is 2. The molecule has 3 N–H and O–H groups in total. The summed E-state index contributed by atoms with van der Waals surface area (Å²) in [5.41, 5.74) is 1.53. The molecule has 0 radical (unpaired) electrons. The van der Waals surface area contributed by atoms with Gasteiger partial charge in [-0.1, -0.05) is 0 Å². The predicted octanol–water partition coefficient (Wildman–Crippen LogP) is -0.211. The summed E-state index contributed by atoms with van der Waals surface area (Å²) in [6.07, 6.45) is 0.529. The second-order valence-electron chi connectivity index (χ2n) is 2.07. The highest BCUT2D eigenvalue weighted by Gasteiger charge is 2.07. The van der Waals surface area contributed by atoms with E-state index in [0.717, 1.165) is 0 Å². The van der Waals surface area contributed by atoms with Crippen LogP contribution in [0.4, 0.5) is 4.79 Å². The van der Waals surface area contributed by atoms with Crippen molar-refractivity contribution in [2.24, 2.45) is 0 Å². The first-order valence-electron chi connectivity index (χ1n) is 3.56. The summed E-state index contributed by atoms with van der Waals surface area (Å²) < 4.78 is 0. The van der Waals surface area contributed by atoms with Crippen molar-refractivity contribution in [3.05, 3.63) is 0 Å². The Morgan fingerprint density at radius 2 is 2.27 bits per heavy atom. The van der Waals surface area contributed by atoms with E-state index >= 15 is 0 Å². The van der Waals surface area contributed by atoms with Crippen molar-refractivity contribution in [3.63, 3.8) is 0 Å². The Morgan fingerprint density at radius 1 is 1.64 bits per heavy atom. The minimum Gasteiger partial charge on any atom is -0.396 e. The fourth-order valence-corrected chi connectivity index (χ4v) is 0.736. The number of hydrogen-bond donors (Lipinski definition) is 3. The molecule has 0 atom stereocenters. The third-order valence-corrected chi connectivity index (χ3v) is 1.35. The maximum absolute atomic E-state index is 10.7. The average Bonchev–Trinajstić information content (AvgIpc) is 2.05. The zero-order chi connectivity index (χ0) is 8.69. The smallest absolute Gasteiger partial charge is 0.341 e. The third-order valence-electron chi connectivity index (χ3n) is 1.35. The minimum absolute atomic E-state index is 0.0508. The van der Waals surface area contributed by atoms with Crippen LogP contribution < -0.4 is 5.48 Å². The van der Waals surface area contributed by atoms with Gasteiger partial charge in [-0.05, 0) is 13.3 Å². The molecule has 0 aliphatic heterocycles. The van der Waals surface area contributed by atoms with Gasteiger partial charge < -0.3 is 10.0 Å². The van der Waals surface area contributed by atoms with E-state index in [4.69, 9.17) is 10.3 Å². The molecule has 0 aliphatic carbocycles. The number of aliphatic hydroxyl groups excluding tert-OH is 1. The third kappa shape index (κ3) is 3.79. The molecule has 0 saturated heterocycles. The summed E-state index contributed by atoms with van der Waals surface area (Å²) >= 11 is 0. The molecule has 0 aromatic carbocycles. The van der Waals surface area contributed by atoms with Gasteiger partial charge in [0.2, 0.25) is 0 Å². The maximum atomic E-state index is 10.7. The van der Waals surface area contributed by atoms with Crippen molar-refractivity contribution < 1.29 is 15.1 Å². The molecule has 0 aromatic rings. The summed E-state index contributed by atoms with van der Waals surface area (Å²) in [7, 11) is 0. The van der Waals surface area contributed by atoms with Crippen LogP contribution >= 0.6 is 0 Å². The van der Waals surface area contributed by atoms with Crippen molar-refractivity contribution in [2.75, 3.05) is 19.7 Å². The number of hydrogen-bond acceptors (Lipinski definition) is 3. The van der Waals surface area contributed by atoms with E-state index < -0.39 is 6.03 Å². The lowest BCUT2D eigenvalue weighted by molar-refractivity contribution is 0.128. The number of rotatable bonds is 4. The standard InChI is InChI=1S/C6H14N2O3/c1-2-8(4-3-5-9)6(10)7-11/h9,11H,2-5H2,1H3,(H,7,10). The van der Waals surface area contributed by atoms with Crippen LogP contribution in [0.2, 0.25) is 0 Å². The van der Waals surface area contributed by atoms with E-state index in [1.165, 1.54) is 10.4 Å². The molecule has 5 heteroatoms. The molecule has 2 amide bonds. The van der Waals surface area contributed by atoms with Crippen LogP contribution in [-0.4, -0.2) is 40.9 Å².